The van der Waals surface area contributed by atoms with E-state index in [-0.39, 0.29) is 10.7 Å². The van der Waals surface area contributed by atoms with Crippen molar-refractivity contribution in [3.8, 4) is 6.01 Å². The van der Waals surface area contributed by atoms with Crippen LogP contribution in [0.25, 0.3) is 0 Å². The van der Waals surface area contributed by atoms with Crippen molar-refractivity contribution < 1.29 is 21.4 Å². The first kappa shape index (κ1) is 19.7. The van der Waals surface area contributed by atoms with Gasteiger partial charge in [-0.2, -0.15) is 23.4 Å². The summed E-state index contributed by atoms with van der Waals surface area (Å²) in [6, 6.07) is 6.90. The van der Waals surface area contributed by atoms with E-state index in [1.54, 1.807) is 6.07 Å². The molecule has 0 unspecified atom stereocenters. The van der Waals surface area contributed by atoms with Crippen LogP contribution in [-0.2, 0) is 10.1 Å². The number of benzene rings is 1. The van der Waals surface area contributed by atoms with Crippen molar-refractivity contribution in [2.75, 3.05) is 11.5 Å². The molecule has 3 aromatic rings. The second-order valence-corrected chi connectivity index (χ2v) is 6.23. The molecule has 0 aliphatic heterocycles. The summed E-state index contributed by atoms with van der Waals surface area (Å²) in [5, 5.41) is 0. The van der Waals surface area contributed by atoms with Crippen molar-refractivity contribution in [2.45, 2.75) is 4.90 Å². The highest BCUT2D eigenvalue weighted by molar-refractivity contribution is 7.87. The average molecular weight is 398 g/mol. The number of halogens is 2. The molecule has 1 aromatic carbocycles. The quantitative estimate of drug-likeness (QED) is 0.531. The number of nitrogens with two attached hydrogens (primary N) is 2. The molecular formula is C14H12F2N6O4S. The Morgan fingerprint density at radius 2 is 1.63 bits per heavy atom. The van der Waals surface area contributed by atoms with Crippen LogP contribution in [-0.4, -0.2) is 28.4 Å². The van der Waals surface area contributed by atoms with Gasteiger partial charge in [0.25, 0.3) is 0 Å². The van der Waals surface area contributed by atoms with Gasteiger partial charge in [0.15, 0.2) is 17.5 Å². The molecule has 27 heavy (non-hydrogen) atoms. The van der Waals surface area contributed by atoms with Gasteiger partial charge in [-0.15, -0.1) is 0 Å². The number of hydrogen-bond acceptors (Lipinski definition) is 9. The van der Waals surface area contributed by atoms with Crippen LogP contribution in [0.3, 0.4) is 0 Å². The molecule has 0 bridgehead atoms. The van der Waals surface area contributed by atoms with Crippen LogP contribution < -0.4 is 21.3 Å². The SMILES string of the molecule is Nc1[nH]c(=O)ncc1F.Nc1nc(OS(=O)(=O)c2ccccc2)ncc1F. The zero-order valence-corrected chi connectivity index (χ0v) is 14.2. The van der Waals surface area contributed by atoms with Gasteiger partial charge in [0.05, 0.1) is 12.4 Å². The highest BCUT2D eigenvalue weighted by atomic mass is 32.2. The fourth-order valence-electron chi connectivity index (χ4n) is 1.53. The van der Waals surface area contributed by atoms with Crippen molar-refractivity contribution in [1.82, 2.24) is 19.9 Å². The van der Waals surface area contributed by atoms with Gasteiger partial charge in [-0.25, -0.2) is 13.6 Å². The number of H-pyrrole nitrogens is 1. The van der Waals surface area contributed by atoms with Gasteiger partial charge in [-0.05, 0) is 12.1 Å². The molecule has 0 aliphatic rings. The topological polar surface area (TPSA) is 167 Å². The average Bonchev–Trinajstić information content (AvgIpc) is 2.63. The summed E-state index contributed by atoms with van der Waals surface area (Å²) in [5.74, 6) is -2.33. The zero-order valence-electron chi connectivity index (χ0n) is 13.3. The van der Waals surface area contributed by atoms with Crippen molar-refractivity contribution in [3.05, 3.63) is 64.8 Å². The van der Waals surface area contributed by atoms with E-state index < -0.39 is 39.3 Å². The third kappa shape index (κ3) is 5.43. The summed E-state index contributed by atoms with van der Waals surface area (Å²) >= 11 is 0. The normalized spacial score (nSPS) is 10.6. The van der Waals surface area contributed by atoms with Crippen LogP contribution in [0, 0.1) is 11.6 Å². The molecule has 142 valence electrons. The lowest BCUT2D eigenvalue weighted by molar-refractivity contribution is 0.461. The van der Waals surface area contributed by atoms with Crippen molar-refractivity contribution in [2.24, 2.45) is 0 Å². The molecule has 2 heterocycles. The predicted molar refractivity (Wildman–Crippen MR) is 89.9 cm³/mol. The maximum atomic E-state index is 12.8. The van der Waals surface area contributed by atoms with Gasteiger partial charge >= 0.3 is 21.8 Å². The van der Waals surface area contributed by atoms with Gasteiger partial charge in [0, 0.05) is 0 Å². The minimum absolute atomic E-state index is 0.0588. The lowest BCUT2D eigenvalue weighted by Crippen LogP contribution is -2.12. The summed E-state index contributed by atoms with van der Waals surface area (Å²) < 4.78 is 53.1. The summed E-state index contributed by atoms with van der Waals surface area (Å²) in [7, 11) is -4.05. The number of anilines is 2. The van der Waals surface area contributed by atoms with Crippen LogP contribution in [0.4, 0.5) is 20.4 Å². The van der Waals surface area contributed by atoms with E-state index in [9.17, 15) is 22.0 Å². The predicted octanol–water partition coefficient (Wildman–Crippen LogP) is 0.457. The van der Waals surface area contributed by atoms with Crippen molar-refractivity contribution >= 4 is 21.8 Å². The van der Waals surface area contributed by atoms with E-state index in [2.05, 4.69) is 19.1 Å². The fourth-order valence-corrected chi connectivity index (χ4v) is 2.39. The standard InChI is InChI=1S/C10H8FN3O3S.C4H4FN3O/c11-8-6-13-10(14-9(8)12)17-18(15,16)7-4-2-1-3-5-7;5-2-1-7-4(9)8-3(2)6/h1-6H,(H2,12,13,14);1H,(H3,6,7,8,9). The van der Waals surface area contributed by atoms with E-state index in [0.717, 1.165) is 12.4 Å². The zero-order chi connectivity index (χ0) is 20.0. The molecule has 3 rings (SSSR count). The molecule has 2 aromatic heterocycles. The lowest BCUT2D eigenvalue weighted by atomic mass is 10.4. The molecule has 0 aliphatic carbocycles. The van der Waals surface area contributed by atoms with E-state index in [0.29, 0.717) is 0 Å². The molecule has 0 amide bonds. The van der Waals surface area contributed by atoms with Crippen LogP contribution in [0.1, 0.15) is 0 Å². The van der Waals surface area contributed by atoms with Crippen LogP contribution >= 0.6 is 0 Å². The molecule has 13 heteroatoms. The Hall–Kier alpha value is -3.61. The van der Waals surface area contributed by atoms with Crippen LogP contribution in [0.15, 0.2) is 52.4 Å². The summed E-state index contributed by atoms with van der Waals surface area (Å²) in [6.45, 7) is 0. The second-order valence-electron chi connectivity index (χ2n) is 4.69. The molecule has 0 radical (unpaired) electrons. The van der Waals surface area contributed by atoms with Gasteiger partial charge in [-0.1, -0.05) is 18.2 Å². The molecule has 0 fully saturated rings. The molecule has 0 atom stereocenters. The van der Waals surface area contributed by atoms with Gasteiger partial charge in [0.2, 0.25) is 0 Å². The Morgan fingerprint density at radius 1 is 1.00 bits per heavy atom. The van der Waals surface area contributed by atoms with E-state index in [4.69, 9.17) is 11.5 Å². The van der Waals surface area contributed by atoms with Gasteiger partial charge in [-0.3, -0.25) is 4.98 Å². The maximum absolute atomic E-state index is 12.8. The number of rotatable bonds is 3. The van der Waals surface area contributed by atoms with Crippen LogP contribution in [0.5, 0.6) is 6.01 Å². The highest BCUT2D eigenvalue weighted by Gasteiger charge is 2.18. The van der Waals surface area contributed by atoms with E-state index in [1.165, 1.54) is 24.3 Å². The summed E-state index contributed by atoms with van der Waals surface area (Å²) in [5.41, 5.74) is 9.48. The first-order chi connectivity index (χ1) is 12.7. The molecule has 0 saturated heterocycles. The Kier molecular flexibility index (Phi) is 5.97. The maximum Gasteiger partial charge on any atom is 0.346 e. The molecule has 0 saturated carbocycles. The largest absolute Gasteiger partial charge is 0.383 e. The second kappa shape index (κ2) is 8.18. The number of nitrogen functional groups attached to an aromatic ring is 2. The molecule has 5 N–H and O–H groups in total. The number of aromatic nitrogens is 4. The Bertz CT molecular complexity index is 1090. The minimum Gasteiger partial charge on any atom is -0.383 e. The van der Waals surface area contributed by atoms with Crippen molar-refractivity contribution in [3.63, 3.8) is 0 Å². The molecular weight excluding hydrogens is 386 g/mol. The summed E-state index contributed by atoms with van der Waals surface area (Å²) in [4.78, 5) is 22.0. The third-order valence-corrected chi connectivity index (χ3v) is 3.98. The van der Waals surface area contributed by atoms with Gasteiger partial charge in [0.1, 0.15) is 10.7 Å². The number of nitrogens with one attached hydrogen (secondary N) is 1. The Morgan fingerprint density at radius 3 is 2.19 bits per heavy atom. The monoisotopic (exact) mass is 398 g/mol. The Labute approximate surface area is 151 Å². The first-order valence-corrected chi connectivity index (χ1v) is 8.37. The first-order valence-electron chi connectivity index (χ1n) is 6.97. The molecule has 0 spiro atoms. The minimum atomic E-state index is -4.05. The van der Waals surface area contributed by atoms with E-state index in [1.807, 2.05) is 4.98 Å². The molecule has 10 nitrogen and oxygen atoms in total. The Balaban J connectivity index is 0.000000244. The lowest BCUT2D eigenvalue weighted by Gasteiger charge is -2.05. The fraction of sp³-hybridized carbons (Fsp3) is 0. The van der Waals surface area contributed by atoms with Crippen LogP contribution in [0.2, 0.25) is 0 Å². The van der Waals surface area contributed by atoms with Crippen molar-refractivity contribution in [1.29, 1.82) is 0 Å². The number of hydrogen-bond donors (Lipinski definition) is 3. The highest BCUT2D eigenvalue weighted by Crippen LogP contribution is 2.16. The smallest absolute Gasteiger partial charge is 0.346 e. The third-order valence-electron chi connectivity index (χ3n) is 2.76. The number of aromatic amines is 1. The number of nitrogens with zero attached hydrogens (tertiary/aromatic N) is 3. The van der Waals surface area contributed by atoms with E-state index >= 15 is 0 Å². The van der Waals surface area contributed by atoms with Gasteiger partial charge < -0.3 is 15.7 Å². The summed E-state index contributed by atoms with van der Waals surface area (Å²) in [6.07, 6.45) is 1.51.